The van der Waals surface area contributed by atoms with E-state index < -0.39 is 7.82 Å². The second kappa shape index (κ2) is 17.7. The molecule has 0 aliphatic heterocycles. The topological polar surface area (TPSA) is 69.6 Å². The van der Waals surface area contributed by atoms with Crippen LogP contribution in [0.2, 0.25) is 0 Å². The fourth-order valence-corrected chi connectivity index (χ4v) is 3.61. The van der Waals surface area contributed by atoms with E-state index in [1.54, 1.807) is 0 Å². The fourth-order valence-electron chi connectivity index (χ4n) is 3.30. The molecule has 6 heteroatoms. The van der Waals surface area contributed by atoms with E-state index in [-0.39, 0.29) is 6.61 Å². The molecule has 0 rings (SSSR count). The van der Waals surface area contributed by atoms with Gasteiger partial charge in [-0.15, -0.1) is 0 Å². The molecular weight excluding hydrogens is 373 g/mol. The molecule has 0 fully saturated rings. The van der Waals surface area contributed by atoms with Crippen LogP contribution in [0.15, 0.2) is 12.2 Å². The average molecular weight is 420 g/mol. The van der Waals surface area contributed by atoms with Crippen molar-refractivity contribution in [2.75, 3.05) is 33.8 Å². The highest BCUT2D eigenvalue weighted by atomic mass is 31.2. The zero-order chi connectivity index (χ0) is 21.1. The molecule has 28 heavy (non-hydrogen) atoms. The van der Waals surface area contributed by atoms with E-state index in [4.69, 9.17) is 4.89 Å². The second-order valence-corrected chi connectivity index (χ2v) is 9.82. The molecule has 0 bridgehead atoms. The Morgan fingerprint density at radius 2 is 1.29 bits per heavy atom. The molecule has 1 atom stereocenters. The molecule has 0 radical (unpaired) electrons. The van der Waals surface area contributed by atoms with Gasteiger partial charge in [-0.25, -0.2) is 0 Å². The maximum Gasteiger partial charge on any atom is 0.265 e. The quantitative estimate of drug-likeness (QED) is 0.121. The van der Waals surface area contributed by atoms with Crippen LogP contribution in [0.25, 0.3) is 0 Å². The average Bonchev–Trinajstić information content (AvgIpc) is 2.60. The van der Waals surface area contributed by atoms with Crippen LogP contribution >= 0.6 is 7.82 Å². The minimum absolute atomic E-state index is 0.0383. The van der Waals surface area contributed by atoms with Crippen molar-refractivity contribution in [3.8, 4) is 0 Å². The van der Waals surface area contributed by atoms with Gasteiger partial charge in [-0.3, -0.25) is 4.57 Å². The van der Waals surface area contributed by atoms with Crippen LogP contribution in [-0.2, 0) is 9.09 Å². The molecule has 0 aliphatic carbocycles. The van der Waals surface area contributed by atoms with Crippen molar-refractivity contribution in [3.63, 3.8) is 0 Å². The summed E-state index contributed by atoms with van der Waals surface area (Å²) in [5, 5.41) is 0. The Balaban J connectivity index is 3.38. The molecule has 1 N–H and O–H groups in total. The standard InChI is InChI=1S/C22H46NO4P/c1-4-5-6-7-8-9-10-11-12-13-14-15-16-17-18-19-20-23(2,3)21-22-27-28(24,25)26/h11-12H,4-10,13-22H2,1-3H3,(H-,24,25,26). The summed E-state index contributed by atoms with van der Waals surface area (Å²) in [6, 6.07) is 0. The summed E-state index contributed by atoms with van der Waals surface area (Å²) in [7, 11) is -0.454. The van der Waals surface area contributed by atoms with Gasteiger partial charge in [0.15, 0.2) is 0 Å². The van der Waals surface area contributed by atoms with Crippen molar-refractivity contribution in [1.29, 1.82) is 0 Å². The number of hydrogen-bond donors (Lipinski definition) is 1. The molecule has 0 aliphatic rings. The Morgan fingerprint density at radius 1 is 0.821 bits per heavy atom. The lowest BCUT2D eigenvalue weighted by atomic mass is 10.1. The number of hydrogen-bond acceptors (Lipinski definition) is 3. The lowest BCUT2D eigenvalue weighted by molar-refractivity contribution is -0.890. The predicted octanol–water partition coefficient (Wildman–Crippen LogP) is 5.58. The van der Waals surface area contributed by atoms with E-state index in [2.05, 4.69) is 37.7 Å². The van der Waals surface area contributed by atoms with Crippen molar-refractivity contribution in [2.24, 2.45) is 0 Å². The van der Waals surface area contributed by atoms with Crippen molar-refractivity contribution in [2.45, 2.75) is 96.8 Å². The predicted molar refractivity (Wildman–Crippen MR) is 117 cm³/mol. The number of rotatable bonds is 20. The first-order chi connectivity index (χ1) is 13.3. The third-order valence-corrected chi connectivity index (χ3v) is 5.74. The van der Waals surface area contributed by atoms with Crippen LogP contribution in [0.3, 0.4) is 0 Å². The number of likely N-dealkylation sites (N-methyl/N-ethyl adjacent to an activating group) is 1. The van der Waals surface area contributed by atoms with Gasteiger partial charge < -0.3 is 18.8 Å². The van der Waals surface area contributed by atoms with E-state index in [0.717, 1.165) is 13.0 Å². The van der Waals surface area contributed by atoms with E-state index in [1.807, 2.05) is 0 Å². The summed E-state index contributed by atoms with van der Waals surface area (Å²) < 4.78 is 15.7. The maximum absolute atomic E-state index is 10.6. The maximum atomic E-state index is 10.6. The van der Waals surface area contributed by atoms with Crippen molar-refractivity contribution in [1.82, 2.24) is 0 Å². The fraction of sp³-hybridized carbons (Fsp3) is 0.909. The molecule has 0 saturated heterocycles. The summed E-state index contributed by atoms with van der Waals surface area (Å²) in [4.78, 5) is 19.2. The van der Waals surface area contributed by atoms with Gasteiger partial charge in [0.25, 0.3) is 7.82 Å². The van der Waals surface area contributed by atoms with Crippen molar-refractivity contribution < 1.29 is 23.4 Å². The first kappa shape index (κ1) is 27.8. The molecule has 0 amide bonds. The molecule has 0 saturated carbocycles. The molecule has 0 aromatic rings. The van der Waals surface area contributed by atoms with Gasteiger partial charge in [0.2, 0.25) is 0 Å². The Labute approximate surface area is 174 Å². The molecule has 168 valence electrons. The van der Waals surface area contributed by atoms with Gasteiger partial charge in [0.1, 0.15) is 13.2 Å². The van der Waals surface area contributed by atoms with Gasteiger partial charge in [0, 0.05) is 0 Å². The number of phosphoric ester groups is 1. The number of quaternary nitrogens is 1. The Bertz CT molecular complexity index is 421. The van der Waals surface area contributed by atoms with Gasteiger partial charge in [-0.1, -0.05) is 70.4 Å². The van der Waals surface area contributed by atoms with Crippen molar-refractivity contribution >= 4 is 7.82 Å². The van der Waals surface area contributed by atoms with E-state index >= 15 is 0 Å². The summed E-state index contributed by atoms with van der Waals surface area (Å²) in [5.41, 5.74) is 0. The molecule has 5 nitrogen and oxygen atoms in total. The van der Waals surface area contributed by atoms with Gasteiger partial charge in [0.05, 0.1) is 20.6 Å². The van der Waals surface area contributed by atoms with Crippen LogP contribution in [0.4, 0.5) is 0 Å². The number of nitrogens with zero attached hydrogens (tertiary/aromatic N) is 1. The smallest absolute Gasteiger partial charge is 0.265 e. The van der Waals surface area contributed by atoms with Gasteiger partial charge in [-0.2, -0.15) is 0 Å². The van der Waals surface area contributed by atoms with Crippen LogP contribution < -0.4 is 4.89 Å². The molecule has 0 aromatic carbocycles. The van der Waals surface area contributed by atoms with E-state index in [0.29, 0.717) is 11.0 Å². The minimum atomic E-state index is -4.58. The molecule has 0 heterocycles. The van der Waals surface area contributed by atoms with Crippen LogP contribution in [0.5, 0.6) is 0 Å². The summed E-state index contributed by atoms with van der Waals surface area (Å²) in [6.07, 6.45) is 23.0. The van der Waals surface area contributed by atoms with Crippen molar-refractivity contribution in [3.05, 3.63) is 12.2 Å². The summed E-state index contributed by atoms with van der Waals surface area (Å²) in [5.74, 6) is 0. The van der Waals surface area contributed by atoms with E-state index in [1.165, 1.54) is 83.5 Å². The van der Waals surface area contributed by atoms with E-state index in [9.17, 15) is 9.46 Å². The zero-order valence-corrected chi connectivity index (χ0v) is 19.6. The van der Waals surface area contributed by atoms with Crippen LogP contribution in [0, 0.1) is 0 Å². The Kier molecular flexibility index (Phi) is 17.5. The Hall–Kier alpha value is -0.190. The molecule has 0 spiro atoms. The van der Waals surface area contributed by atoms with Crippen LogP contribution in [-0.4, -0.2) is 43.2 Å². The first-order valence-electron chi connectivity index (χ1n) is 11.4. The first-order valence-corrected chi connectivity index (χ1v) is 12.9. The third kappa shape index (κ3) is 22.1. The van der Waals surface area contributed by atoms with Crippen LogP contribution in [0.1, 0.15) is 96.8 Å². The zero-order valence-electron chi connectivity index (χ0n) is 18.7. The number of allylic oxidation sites excluding steroid dienone is 2. The third-order valence-electron chi connectivity index (χ3n) is 5.23. The lowest BCUT2D eigenvalue weighted by Crippen LogP contribution is -2.43. The highest BCUT2D eigenvalue weighted by molar-refractivity contribution is 7.44. The summed E-state index contributed by atoms with van der Waals surface area (Å²) in [6.45, 7) is 3.88. The number of phosphoric acid groups is 1. The monoisotopic (exact) mass is 419 g/mol. The second-order valence-electron chi connectivity index (χ2n) is 8.62. The minimum Gasteiger partial charge on any atom is -0.756 e. The van der Waals surface area contributed by atoms with Gasteiger partial charge in [-0.05, 0) is 38.5 Å². The lowest BCUT2D eigenvalue weighted by Gasteiger charge is -2.30. The highest BCUT2D eigenvalue weighted by Gasteiger charge is 2.15. The molecular formula is C22H46NO4P. The largest absolute Gasteiger partial charge is 0.756 e. The molecule has 0 aromatic heterocycles. The molecule has 1 unspecified atom stereocenters. The number of unbranched alkanes of at least 4 members (excludes halogenated alkanes) is 12. The highest BCUT2D eigenvalue weighted by Crippen LogP contribution is 2.29. The van der Waals surface area contributed by atoms with Gasteiger partial charge >= 0.3 is 0 Å². The summed E-state index contributed by atoms with van der Waals surface area (Å²) >= 11 is 0. The normalized spacial score (nSPS) is 14.6. The SMILES string of the molecule is CCCCCCCCC=CCCCCCCCC[N+](C)(C)CCOP(=O)([O-])O. The Morgan fingerprint density at radius 3 is 1.79 bits per heavy atom.